The summed E-state index contributed by atoms with van der Waals surface area (Å²) in [5, 5.41) is 3.24. The fraction of sp³-hybridized carbons (Fsp3) is 0.917. The zero-order valence-corrected chi connectivity index (χ0v) is 9.14. The Labute approximate surface area is 86.5 Å². The quantitative estimate of drug-likeness (QED) is 0.684. The molecule has 80 valence electrons. The number of hydrogen-bond donors (Lipinski definition) is 1. The standard InChI is InChI=1S/C12H21NO/c1-2-10-5-8-12(9-6-10)7-3-4-11(14)13-12/h10H,2-9H2,1H3,(H,13,14). The van der Waals surface area contributed by atoms with Gasteiger partial charge in [-0.05, 0) is 44.4 Å². The molecule has 1 spiro atoms. The van der Waals surface area contributed by atoms with Crippen LogP contribution in [0.15, 0.2) is 0 Å². The van der Waals surface area contributed by atoms with Crippen LogP contribution in [0.25, 0.3) is 0 Å². The molecule has 0 aromatic rings. The van der Waals surface area contributed by atoms with Gasteiger partial charge in [-0.1, -0.05) is 13.3 Å². The number of hydrogen-bond acceptors (Lipinski definition) is 1. The molecule has 1 aliphatic heterocycles. The molecule has 2 aliphatic rings. The van der Waals surface area contributed by atoms with Crippen molar-refractivity contribution in [3.05, 3.63) is 0 Å². The first kappa shape index (κ1) is 10.0. The number of piperidine rings is 1. The molecule has 1 heterocycles. The molecular weight excluding hydrogens is 174 g/mol. The Kier molecular flexibility index (Phi) is 2.80. The average molecular weight is 195 g/mol. The molecular formula is C12H21NO. The highest BCUT2D eigenvalue weighted by molar-refractivity contribution is 5.77. The van der Waals surface area contributed by atoms with Crippen LogP contribution in [0, 0.1) is 5.92 Å². The number of rotatable bonds is 1. The monoisotopic (exact) mass is 195 g/mol. The van der Waals surface area contributed by atoms with Gasteiger partial charge in [0.05, 0.1) is 0 Å². The van der Waals surface area contributed by atoms with E-state index in [1.54, 1.807) is 0 Å². The van der Waals surface area contributed by atoms with E-state index in [1.807, 2.05) is 0 Å². The molecule has 0 aromatic heterocycles. The maximum absolute atomic E-state index is 11.4. The highest BCUT2D eigenvalue weighted by Crippen LogP contribution is 2.38. The van der Waals surface area contributed by atoms with Gasteiger partial charge < -0.3 is 5.32 Å². The summed E-state index contributed by atoms with van der Waals surface area (Å²) in [6.45, 7) is 2.28. The molecule has 2 rings (SSSR count). The van der Waals surface area contributed by atoms with Gasteiger partial charge in [0.25, 0.3) is 0 Å². The van der Waals surface area contributed by atoms with Crippen molar-refractivity contribution in [1.29, 1.82) is 0 Å². The summed E-state index contributed by atoms with van der Waals surface area (Å²) < 4.78 is 0. The van der Waals surface area contributed by atoms with Crippen LogP contribution < -0.4 is 5.32 Å². The summed E-state index contributed by atoms with van der Waals surface area (Å²) in [4.78, 5) is 11.4. The highest BCUT2D eigenvalue weighted by atomic mass is 16.1. The third-order valence-corrected chi connectivity index (χ3v) is 4.10. The van der Waals surface area contributed by atoms with Crippen LogP contribution in [-0.4, -0.2) is 11.4 Å². The smallest absolute Gasteiger partial charge is 0.220 e. The minimum Gasteiger partial charge on any atom is -0.351 e. The van der Waals surface area contributed by atoms with Gasteiger partial charge >= 0.3 is 0 Å². The van der Waals surface area contributed by atoms with Crippen molar-refractivity contribution >= 4 is 5.91 Å². The molecule has 0 radical (unpaired) electrons. The average Bonchev–Trinajstić information content (AvgIpc) is 2.19. The van der Waals surface area contributed by atoms with Crippen LogP contribution in [0.4, 0.5) is 0 Å². The topological polar surface area (TPSA) is 29.1 Å². The van der Waals surface area contributed by atoms with E-state index < -0.39 is 0 Å². The van der Waals surface area contributed by atoms with Crippen LogP contribution in [0.1, 0.15) is 58.3 Å². The maximum Gasteiger partial charge on any atom is 0.220 e. The molecule has 0 atom stereocenters. The number of carbonyl (C=O) groups is 1. The minimum absolute atomic E-state index is 0.209. The van der Waals surface area contributed by atoms with Crippen molar-refractivity contribution in [3.8, 4) is 0 Å². The van der Waals surface area contributed by atoms with E-state index in [4.69, 9.17) is 0 Å². The van der Waals surface area contributed by atoms with Gasteiger partial charge in [0, 0.05) is 12.0 Å². The molecule has 0 unspecified atom stereocenters. The molecule has 1 N–H and O–H groups in total. The molecule has 2 heteroatoms. The lowest BCUT2D eigenvalue weighted by atomic mass is 9.72. The van der Waals surface area contributed by atoms with Crippen LogP contribution in [0.2, 0.25) is 0 Å². The zero-order chi connectivity index (χ0) is 10.0. The van der Waals surface area contributed by atoms with Gasteiger partial charge in [0.2, 0.25) is 5.91 Å². The first-order chi connectivity index (χ1) is 6.74. The van der Waals surface area contributed by atoms with E-state index in [0.29, 0.717) is 0 Å². The first-order valence-corrected chi connectivity index (χ1v) is 6.05. The Morgan fingerprint density at radius 2 is 2.07 bits per heavy atom. The van der Waals surface area contributed by atoms with Gasteiger partial charge in [0.1, 0.15) is 0 Å². The molecule has 1 aliphatic carbocycles. The fourth-order valence-corrected chi connectivity index (χ4v) is 3.02. The maximum atomic E-state index is 11.4. The van der Waals surface area contributed by atoms with E-state index in [9.17, 15) is 4.79 Å². The largest absolute Gasteiger partial charge is 0.351 e. The molecule has 2 nitrogen and oxygen atoms in total. The Morgan fingerprint density at radius 3 is 2.64 bits per heavy atom. The van der Waals surface area contributed by atoms with Gasteiger partial charge in [-0.2, -0.15) is 0 Å². The summed E-state index contributed by atoms with van der Waals surface area (Å²) in [6, 6.07) is 0. The first-order valence-electron chi connectivity index (χ1n) is 6.05. The molecule has 1 saturated carbocycles. The van der Waals surface area contributed by atoms with Crippen LogP contribution in [0.5, 0.6) is 0 Å². The summed E-state index contributed by atoms with van der Waals surface area (Å²) in [5.41, 5.74) is 0.209. The Balaban J connectivity index is 1.94. The second kappa shape index (κ2) is 3.92. The number of carbonyl (C=O) groups excluding carboxylic acids is 1. The predicted octanol–water partition coefficient (Wildman–Crippen LogP) is 2.63. The Hall–Kier alpha value is -0.530. The zero-order valence-electron chi connectivity index (χ0n) is 9.14. The number of nitrogens with one attached hydrogen (secondary N) is 1. The van der Waals surface area contributed by atoms with Crippen molar-refractivity contribution in [2.24, 2.45) is 5.92 Å². The summed E-state index contributed by atoms with van der Waals surface area (Å²) in [5.74, 6) is 1.20. The Morgan fingerprint density at radius 1 is 1.36 bits per heavy atom. The molecule has 0 aromatic carbocycles. The molecule has 1 saturated heterocycles. The van der Waals surface area contributed by atoms with E-state index in [0.717, 1.165) is 18.8 Å². The molecule has 14 heavy (non-hydrogen) atoms. The SMILES string of the molecule is CCC1CCC2(CCCC(=O)N2)CC1. The predicted molar refractivity (Wildman–Crippen MR) is 57.0 cm³/mol. The summed E-state index contributed by atoms with van der Waals surface area (Å²) in [6.07, 6.45) is 9.45. The minimum atomic E-state index is 0.209. The lowest BCUT2D eigenvalue weighted by Gasteiger charge is -2.43. The van der Waals surface area contributed by atoms with Gasteiger partial charge in [-0.3, -0.25) is 4.79 Å². The van der Waals surface area contributed by atoms with Crippen molar-refractivity contribution in [3.63, 3.8) is 0 Å². The van der Waals surface area contributed by atoms with Gasteiger partial charge in [-0.15, -0.1) is 0 Å². The fourth-order valence-electron chi connectivity index (χ4n) is 3.02. The summed E-state index contributed by atoms with van der Waals surface area (Å²) >= 11 is 0. The van der Waals surface area contributed by atoms with Crippen molar-refractivity contribution in [2.45, 2.75) is 63.8 Å². The van der Waals surface area contributed by atoms with Crippen molar-refractivity contribution < 1.29 is 4.79 Å². The van der Waals surface area contributed by atoms with Crippen molar-refractivity contribution in [2.75, 3.05) is 0 Å². The molecule has 1 amide bonds. The van der Waals surface area contributed by atoms with Crippen LogP contribution in [0.3, 0.4) is 0 Å². The number of amides is 1. The second-order valence-corrected chi connectivity index (χ2v) is 5.03. The van der Waals surface area contributed by atoms with Gasteiger partial charge in [-0.25, -0.2) is 0 Å². The van der Waals surface area contributed by atoms with Crippen LogP contribution in [-0.2, 0) is 4.79 Å². The third-order valence-electron chi connectivity index (χ3n) is 4.10. The third kappa shape index (κ3) is 1.94. The van der Waals surface area contributed by atoms with E-state index in [-0.39, 0.29) is 11.4 Å². The van der Waals surface area contributed by atoms with E-state index in [2.05, 4.69) is 12.2 Å². The van der Waals surface area contributed by atoms with Crippen LogP contribution >= 0.6 is 0 Å². The Bertz CT molecular complexity index is 216. The lowest BCUT2D eigenvalue weighted by Crippen LogP contribution is -2.53. The highest BCUT2D eigenvalue weighted by Gasteiger charge is 2.37. The normalized spacial score (nSPS) is 38.4. The van der Waals surface area contributed by atoms with E-state index >= 15 is 0 Å². The van der Waals surface area contributed by atoms with E-state index in [1.165, 1.54) is 38.5 Å². The summed E-state index contributed by atoms with van der Waals surface area (Å²) in [7, 11) is 0. The lowest BCUT2D eigenvalue weighted by molar-refractivity contribution is -0.125. The van der Waals surface area contributed by atoms with Crippen molar-refractivity contribution in [1.82, 2.24) is 5.32 Å². The van der Waals surface area contributed by atoms with Gasteiger partial charge in [0.15, 0.2) is 0 Å². The second-order valence-electron chi connectivity index (χ2n) is 5.03. The molecule has 2 fully saturated rings. The molecule has 0 bridgehead atoms.